The third-order valence-electron chi connectivity index (χ3n) is 4.25. The minimum atomic E-state index is 0.384. The maximum absolute atomic E-state index is 9.57. The highest BCUT2D eigenvalue weighted by Crippen LogP contribution is 2.30. The topological polar surface area (TPSA) is 35.5 Å². The Bertz CT molecular complexity index is 186. The van der Waals surface area contributed by atoms with Crippen molar-refractivity contribution in [1.82, 2.24) is 10.2 Å². The van der Waals surface area contributed by atoms with E-state index < -0.39 is 0 Å². The zero-order valence-corrected chi connectivity index (χ0v) is 10.3. The number of nitrogens with one attached hydrogen (secondary N) is 1. The van der Waals surface area contributed by atoms with Crippen molar-refractivity contribution in [1.29, 1.82) is 0 Å². The first-order valence-corrected chi connectivity index (χ1v) is 6.94. The summed E-state index contributed by atoms with van der Waals surface area (Å²) in [6.45, 7) is 6.04. The lowest BCUT2D eigenvalue weighted by Crippen LogP contribution is -2.46. The van der Waals surface area contributed by atoms with Gasteiger partial charge in [-0.15, -0.1) is 0 Å². The van der Waals surface area contributed by atoms with Gasteiger partial charge in [-0.3, -0.25) is 0 Å². The maximum Gasteiger partial charge on any atom is 0.0474 e. The smallest absolute Gasteiger partial charge is 0.0474 e. The van der Waals surface area contributed by atoms with E-state index in [2.05, 4.69) is 10.2 Å². The summed E-state index contributed by atoms with van der Waals surface area (Å²) in [6, 6.07) is 0. The molecule has 1 heterocycles. The second kappa shape index (κ2) is 6.58. The van der Waals surface area contributed by atoms with Gasteiger partial charge in [0.25, 0.3) is 0 Å². The number of piperazine rings is 1. The number of hydrogen-bond acceptors (Lipinski definition) is 3. The first-order chi connectivity index (χ1) is 7.90. The van der Waals surface area contributed by atoms with Crippen LogP contribution < -0.4 is 5.32 Å². The van der Waals surface area contributed by atoms with Crippen LogP contribution in [-0.2, 0) is 0 Å². The zero-order valence-electron chi connectivity index (χ0n) is 10.3. The molecule has 2 aliphatic rings. The number of aliphatic hydroxyl groups is 1. The van der Waals surface area contributed by atoms with E-state index in [0.29, 0.717) is 12.5 Å². The van der Waals surface area contributed by atoms with Gasteiger partial charge >= 0.3 is 0 Å². The first-order valence-electron chi connectivity index (χ1n) is 6.94. The molecule has 1 aliphatic heterocycles. The highest BCUT2D eigenvalue weighted by Gasteiger charge is 2.25. The SMILES string of the molecule is OCC(CN1CCNCC1)C1CCCCC1. The molecule has 94 valence electrons. The highest BCUT2D eigenvalue weighted by atomic mass is 16.3. The zero-order chi connectivity index (χ0) is 11.2. The van der Waals surface area contributed by atoms with E-state index in [-0.39, 0.29) is 0 Å². The van der Waals surface area contributed by atoms with Gasteiger partial charge in [0.05, 0.1) is 0 Å². The summed E-state index contributed by atoms with van der Waals surface area (Å²) < 4.78 is 0. The van der Waals surface area contributed by atoms with Gasteiger partial charge in [0.15, 0.2) is 0 Å². The van der Waals surface area contributed by atoms with Crippen molar-refractivity contribution in [3.8, 4) is 0 Å². The number of nitrogens with zero attached hydrogens (tertiary/aromatic N) is 1. The molecule has 1 saturated heterocycles. The van der Waals surface area contributed by atoms with Gasteiger partial charge in [-0.1, -0.05) is 32.1 Å². The van der Waals surface area contributed by atoms with Crippen LogP contribution in [0.1, 0.15) is 32.1 Å². The van der Waals surface area contributed by atoms with Crippen molar-refractivity contribution in [2.45, 2.75) is 32.1 Å². The van der Waals surface area contributed by atoms with Crippen LogP contribution in [0.25, 0.3) is 0 Å². The molecule has 0 spiro atoms. The Morgan fingerprint density at radius 1 is 1.12 bits per heavy atom. The molecule has 0 aromatic rings. The van der Waals surface area contributed by atoms with E-state index in [9.17, 15) is 5.11 Å². The Hall–Kier alpha value is -0.120. The van der Waals surface area contributed by atoms with Gasteiger partial charge in [-0.2, -0.15) is 0 Å². The summed E-state index contributed by atoms with van der Waals surface area (Å²) in [5.74, 6) is 1.31. The Morgan fingerprint density at radius 3 is 2.44 bits per heavy atom. The minimum Gasteiger partial charge on any atom is -0.396 e. The van der Waals surface area contributed by atoms with Crippen LogP contribution >= 0.6 is 0 Å². The van der Waals surface area contributed by atoms with Crippen molar-refractivity contribution in [3.05, 3.63) is 0 Å². The van der Waals surface area contributed by atoms with E-state index in [1.54, 1.807) is 0 Å². The van der Waals surface area contributed by atoms with Crippen LogP contribution in [0.2, 0.25) is 0 Å². The quantitative estimate of drug-likeness (QED) is 0.753. The van der Waals surface area contributed by atoms with Gasteiger partial charge in [0, 0.05) is 39.3 Å². The lowest BCUT2D eigenvalue weighted by molar-refractivity contribution is 0.0969. The average Bonchev–Trinajstić information content (AvgIpc) is 2.38. The Labute approximate surface area is 99.2 Å². The van der Waals surface area contributed by atoms with Crippen molar-refractivity contribution < 1.29 is 5.11 Å². The fourth-order valence-corrected chi connectivity index (χ4v) is 3.19. The second-order valence-corrected chi connectivity index (χ2v) is 5.39. The molecule has 2 rings (SSSR count). The molecule has 1 saturated carbocycles. The Kier molecular flexibility index (Phi) is 5.07. The number of hydrogen-bond donors (Lipinski definition) is 2. The summed E-state index contributed by atoms with van der Waals surface area (Å²) in [5.41, 5.74) is 0. The average molecular weight is 226 g/mol. The molecule has 3 heteroatoms. The van der Waals surface area contributed by atoms with Crippen LogP contribution in [0.5, 0.6) is 0 Å². The highest BCUT2D eigenvalue weighted by molar-refractivity contribution is 4.78. The molecule has 0 aromatic heterocycles. The monoisotopic (exact) mass is 226 g/mol. The molecular formula is C13H26N2O. The van der Waals surface area contributed by atoms with Gasteiger partial charge in [0.2, 0.25) is 0 Å². The molecule has 0 amide bonds. The van der Waals surface area contributed by atoms with Crippen molar-refractivity contribution in [2.24, 2.45) is 11.8 Å². The molecule has 2 N–H and O–H groups in total. The summed E-state index contributed by atoms with van der Waals surface area (Å²) in [7, 11) is 0. The van der Waals surface area contributed by atoms with E-state index in [1.165, 1.54) is 32.1 Å². The standard InChI is InChI=1S/C13H26N2O/c16-11-13(12-4-2-1-3-5-12)10-15-8-6-14-7-9-15/h12-14,16H,1-11H2. The van der Waals surface area contributed by atoms with Gasteiger partial charge < -0.3 is 15.3 Å². The van der Waals surface area contributed by atoms with Crippen LogP contribution in [0.4, 0.5) is 0 Å². The predicted molar refractivity (Wildman–Crippen MR) is 66.5 cm³/mol. The molecule has 3 nitrogen and oxygen atoms in total. The summed E-state index contributed by atoms with van der Waals surface area (Å²) in [4.78, 5) is 2.52. The van der Waals surface area contributed by atoms with Crippen LogP contribution in [0.15, 0.2) is 0 Å². The fourth-order valence-electron chi connectivity index (χ4n) is 3.19. The molecule has 0 bridgehead atoms. The molecule has 1 aliphatic carbocycles. The number of aliphatic hydroxyl groups excluding tert-OH is 1. The molecule has 1 unspecified atom stereocenters. The van der Waals surface area contributed by atoms with Crippen molar-refractivity contribution in [3.63, 3.8) is 0 Å². The number of rotatable bonds is 4. The summed E-state index contributed by atoms with van der Waals surface area (Å²) in [6.07, 6.45) is 6.85. The fraction of sp³-hybridized carbons (Fsp3) is 1.00. The first kappa shape index (κ1) is 12.3. The summed E-state index contributed by atoms with van der Waals surface area (Å²) in [5, 5.41) is 12.9. The molecule has 2 fully saturated rings. The molecule has 0 aromatic carbocycles. The molecule has 1 atom stereocenters. The Morgan fingerprint density at radius 2 is 1.81 bits per heavy atom. The Balaban J connectivity index is 1.78. The van der Waals surface area contributed by atoms with Gasteiger partial charge in [0.1, 0.15) is 0 Å². The van der Waals surface area contributed by atoms with Crippen LogP contribution in [0, 0.1) is 11.8 Å². The maximum atomic E-state index is 9.57. The van der Waals surface area contributed by atoms with Crippen LogP contribution in [-0.4, -0.2) is 49.3 Å². The molecule has 16 heavy (non-hydrogen) atoms. The largest absolute Gasteiger partial charge is 0.396 e. The minimum absolute atomic E-state index is 0.384. The van der Waals surface area contributed by atoms with Gasteiger partial charge in [-0.05, 0) is 11.8 Å². The van der Waals surface area contributed by atoms with E-state index >= 15 is 0 Å². The summed E-state index contributed by atoms with van der Waals surface area (Å²) >= 11 is 0. The van der Waals surface area contributed by atoms with Crippen molar-refractivity contribution >= 4 is 0 Å². The normalized spacial score (nSPS) is 26.8. The predicted octanol–water partition coefficient (Wildman–Crippen LogP) is 1.08. The lowest BCUT2D eigenvalue weighted by atomic mass is 9.80. The third kappa shape index (κ3) is 3.44. The van der Waals surface area contributed by atoms with E-state index in [4.69, 9.17) is 0 Å². The second-order valence-electron chi connectivity index (χ2n) is 5.39. The van der Waals surface area contributed by atoms with E-state index in [0.717, 1.165) is 38.6 Å². The molecular weight excluding hydrogens is 200 g/mol. The lowest BCUT2D eigenvalue weighted by Gasteiger charge is -2.35. The molecule has 0 radical (unpaired) electrons. The van der Waals surface area contributed by atoms with E-state index in [1.807, 2.05) is 0 Å². The third-order valence-corrected chi connectivity index (χ3v) is 4.25. The van der Waals surface area contributed by atoms with Crippen molar-refractivity contribution in [2.75, 3.05) is 39.3 Å². The van der Waals surface area contributed by atoms with Crippen LogP contribution in [0.3, 0.4) is 0 Å². The van der Waals surface area contributed by atoms with Gasteiger partial charge in [-0.25, -0.2) is 0 Å².